The average molecular weight is 210 g/mol. The maximum atomic E-state index is 10.3. The monoisotopic (exact) mass is 210 g/mol. The quantitative estimate of drug-likeness (QED) is 0.489. The summed E-state index contributed by atoms with van der Waals surface area (Å²) in [4.78, 5) is 0. The molecule has 0 aromatic carbocycles. The van der Waals surface area contributed by atoms with E-state index in [0.717, 1.165) is 19.3 Å². The maximum Gasteiger partial charge on any atom is 0.264 e. The van der Waals surface area contributed by atoms with Crippen LogP contribution in [0.5, 0.6) is 0 Å². The van der Waals surface area contributed by atoms with Gasteiger partial charge in [-0.15, -0.1) is 0 Å². The van der Waals surface area contributed by atoms with E-state index in [4.69, 9.17) is 9.66 Å². The summed E-state index contributed by atoms with van der Waals surface area (Å²) in [5.41, 5.74) is 0. The molecule has 4 nitrogen and oxygen atoms in total. The second-order valence-corrected chi connectivity index (χ2v) is 4.77. The van der Waals surface area contributed by atoms with Crippen molar-refractivity contribution >= 4 is 10.1 Å². The number of aliphatic hydroxyl groups is 1. The minimum Gasteiger partial charge on any atom is -0.393 e. The van der Waals surface area contributed by atoms with Gasteiger partial charge in [0, 0.05) is 0 Å². The second kappa shape index (κ2) is 6.34. The summed E-state index contributed by atoms with van der Waals surface area (Å²) < 4.78 is 29.0. The van der Waals surface area contributed by atoms with E-state index in [0.29, 0.717) is 12.8 Å². The van der Waals surface area contributed by atoms with E-state index in [1.165, 1.54) is 0 Å². The van der Waals surface area contributed by atoms with E-state index in [1.54, 1.807) is 0 Å². The van der Waals surface area contributed by atoms with Gasteiger partial charge in [0.25, 0.3) is 10.1 Å². The third-order valence-electron chi connectivity index (χ3n) is 1.91. The van der Waals surface area contributed by atoms with Crippen molar-refractivity contribution in [1.29, 1.82) is 0 Å². The van der Waals surface area contributed by atoms with Gasteiger partial charge in [0.15, 0.2) is 0 Å². The van der Waals surface area contributed by atoms with Crippen molar-refractivity contribution in [2.24, 2.45) is 0 Å². The molecule has 0 amide bonds. The van der Waals surface area contributed by atoms with Crippen LogP contribution in [0.15, 0.2) is 0 Å². The minimum absolute atomic E-state index is 0.171. The van der Waals surface area contributed by atoms with Crippen LogP contribution in [-0.4, -0.2) is 29.9 Å². The first-order valence-corrected chi connectivity index (χ1v) is 6.20. The third-order valence-corrected chi connectivity index (χ3v) is 2.72. The van der Waals surface area contributed by atoms with Crippen LogP contribution in [0.25, 0.3) is 0 Å². The van der Waals surface area contributed by atoms with Crippen molar-refractivity contribution in [3.63, 3.8) is 0 Å². The second-order valence-electron chi connectivity index (χ2n) is 3.20. The molecule has 0 saturated carbocycles. The molecule has 0 aliphatic rings. The number of unbranched alkanes of at least 4 members (excludes halogenated alkanes) is 2. The summed E-state index contributed by atoms with van der Waals surface area (Å²) in [7, 11) is -3.79. The molecule has 0 saturated heterocycles. The average Bonchev–Trinajstić information content (AvgIpc) is 2.01. The normalized spacial score (nSPS) is 14.4. The number of aliphatic hydroxyl groups excluding tert-OH is 1. The lowest BCUT2D eigenvalue weighted by Crippen LogP contribution is -2.06. The largest absolute Gasteiger partial charge is 0.393 e. The van der Waals surface area contributed by atoms with Gasteiger partial charge in [-0.3, -0.25) is 4.55 Å². The molecule has 0 heterocycles. The zero-order chi connectivity index (χ0) is 10.3. The summed E-state index contributed by atoms with van der Waals surface area (Å²) in [6, 6.07) is 0. The Balaban J connectivity index is 3.27. The van der Waals surface area contributed by atoms with Crippen LogP contribution in [0.4, 0.5) is 0 Å². The molecule has 0 aliphatic heterocycles. The van der Waals surface area contributed by atoms with Crippen LogP contribution in [0.1, 0.15) is 39.0 Å². The SMILES string of the molecule is CCC(O)CCCCCS(=O)(=O)O. The first-order valence-electron chi connectivity index (χ1n) is 4.59. The van der Waals surface area contributed by atoms with Crippen LogP contribution in [-0.2, 0) is 10.1 Å². The Kier molecular flexibility index (Phi) is 6.28. The van der Waals surface area contributed by atoms with Crippen molar-refractivity contribution in [2.75, 3.05) is 5.75 Å². The van der Waals surface area contributed by atoms with Crippen molar-refractivity contribution in [1.82, 2.24) is 0 Å². The van der Waals surface area contributed by atoms with Crippen LogP contribution < -0.4 is 0 Å². The molecule has 5 heteroatoms. The van der Waals surface area contributed by atoms with E-state index in [2.05, 4.69) is 0 Å². The number of rotatable bonds is 7. The Morgan fingerprint density at radius 2 is 1.85 bits per heavy atom. The molecule has 0 aliphatic carbocycles. The first kappa shape index (κ1) is 12.9. The molecule has 1 unspecified atom stereocenters. The fraction of sp³-hybridized carbons (Fsp3) is 1.00. The smallest absolute Gasteiger partial charge is 0.264 e. The lowest BCUT2D eigenvalue weighted by molar-refractivity contribution is 0.156. The van der Waals surface area contributed by atoms with Crippen molar-refractivity contribution in [2.45, 2.75) is 45.1 Å². The summed E-state index contributed by atoms with van der Waals surface area (Å²) >= 11 is 0. The fourth-order valence-electron chi connectivity index (χ4n) is 1.05. The predicted octanol–water partition coefficient (Wildman–Crippen LogP) is 1.21. The van der Waals surface area contributed by atoms with Crippen molar-refractivity contribution in [3.8, 4) is 0 Å². The highest BCUT2D eigenvalue weighted by atomic mass is 32.2. The summed E-state index contributed by atoms with van der Waals surface area (Å²) in [6.07, 6.45) is 3.18. The molecule has 0 aromatic rings. The topological polar surface area (TPSA) is 74.6 Å². The van der Waals surface area contributed by atoms with Gasteiger partial charge in [-0.25, -0.2) is 0 Å². The number of hydrogen-bond acceptors (Lipinski definition) is 3. The lowest BCUT2D eigenvalue weighted by atomic mass is 10.1. The minimum atomic E-state index is -3.79. The maximum absolute atomic E-state index is 10.3. The summed E-state index contributed by atoms with van der Waals surface area (Å²) in [5.74, 6) is -0.171. The van der Waals surface area contributed by atoms with Gasteiger partial charge in [-0.1, -0.05) is 19.8 Å². The number of hydrogen-bond donors (Lipinski definition) is 2. The van der Waals surface area contributed by atoms with Crippen LogP contribution in [0.3, 0.4) is 0 Å². The standard InChI is InChI=1S/C8H18O4S/c1-2-8(9)6-4-3-5-7-13(10,11)12/h8-9H,2-7H2,1H3,(H,10,11,12). The Morgan fingerprint density at radius 3 is 2.31 bits per heavy atom. The molecule has 0 fully saturated rings. The molecule has 0 radical (unpaired) electrons. The molecule has 1 atom stereocenters. The molecule has 13 heavy (non-hydrogen) atoms. The highest BCUT2D eigenvalue weighted by Crippen LogP contribution is 2.06. The molecule has 0 aromatic heterocycles. The van der Waals surface area contributed by atoms with Gasteiger partial charge in [0.1, 0.15) is 0 Å². The zero-order valence-corrected chi connectivity index (χ0v) is 8.76. The molecule has 2 N–H and O–H groups in total. The Labute approximate surface area is 79.7 Å². The molecule has 0 spiro atoms. The van der Waals surface area contributed by atoms with Crippen molar-refractivity contribution in [3.05, 3.63) is 0 Å². The molecule has 0 bridgehead atoms. The first-order chi connectivity index (χ1) is 5.95. The Hall–Kier alpha value is -0.130. The molecular weight excluding hydrogens is 192 g/mol. The molecule has 80 valence electrons. The predicted molar refractivity (Wildman–Crippen MR) is 51.2 cm³/mol. The molecular formula is C8H18O4S. The molecule has 0 rings (SSSR count). The third kappa shape index (κ3) is 9.79. The highest BCUT2D eigenvalue weighted by Gasteiger charge is 2.04. The van der Waals surface area contributed by atoms with E-state index < -0.39 is 10.1 Å². The van der Waals surface area contributed by atoms with E-state index in [9.17, 15) is 8.42 Å². The fourth-order valence-corrected chi connectivity index (χ4v) is 1.61. The summed E-state index contributed by atoms with van der Waals surface area (Å²) in [5, 5.41) is 9.15. The van der Waals surface area contributed by atoms with Gasteiger partial charge in [-0.2, -0.15) is 8.42 Å². The van der Waals surface area contributed by atoms with Gasteiger partial charge in [0.05, 0.1) is 11.9 Å². The van der Waals surface area contributed by atoms with E-state index >= 15 is 0 Å². The zero-order valence-electron chi connectivity index (χ0n) is 7.94. The van der Waals surface area contributed by atoms with Crippen LogP contribution >= 0.6 is 0 Å². The van der Waals surface area contributed by atoms with E-state index in [1.807, 2.05) is 6.92 Å². The van der Waals surface area contributed by atoms with Crippen LogP contribution in [0, 0.1) is 0 Å². The van der Waals surface area contributed by atoms with Gasteiger partial charge in [0.2, 0.25) is 0 Å². The lowest BCUT2D eigenvalue weighted by Gasteiger charge is -2.05. The van der Waals surface area contributed by atoms with Crippen LogP contribution in [0.2, 0.25) is 0 Å². The Bertz CT molecular complexity index is 210. The van der Waals surface area contributed by atoms with E-state index in [-0.39, 0.29) is 11.9 Å². The summed E-state index contributed by atoms with van der Waals surface area (Å²) in [6.45, 7) is 1.91. The van der Waals surface area contributed by atoms with Gasteiger partial charge >= 0.3 is 0 Å². The Morgan fingerprint density at radius 1 is 1.23 bits per heavy atom. The highest BCUT2D eigenvalue weighted by molar-refractivity contribution is 7.85. The van der Waals surface area contributed by atoms with Gasteiger partial charge in [-0.05, 0) is 19.3 Å². The van der Waals surface area contributed by atoms with Crippen molar-refractivity contribution < 1.29 is 18.1 Å². The van der Waals surface area contributed by atoms with Gasteiger partial charge < -0.3 is 5.11 Å².